The van der Waals surface area contributed by atoms with Crippen molar-refractivity contribution in [1.82, 2.24) is 9.55 Å². The number of hydrogen-bond donors (Lipinski definition) is 1. The molecule has 0 unspecified atom stereocenters. The highest BCUT2D eigenvalue weighted by atomic mass is 19.1. The summed E-state index contributed by atoms with van der Waals surface area (Å²) in [7, 11) is 0. The van der Waals surface area contributed by atoms with E-state index in [2.05, 4.69) is 10.3 Å². The Hall–Kier alpha value is -3.20. The van der Waals surface area contributed by atoms with Gasteiger partial charge in [0.1, 0.15) is 5.82 Å². The zero-order chi connectivity index (χ0) is 16.0. The van der Waals surface area contributed by atoms with Crippen LogP contribution in [0.1, 0.15) is 11.6 Å². The first kappa shape index (κ1) is 13.5. The minimum absolute atomic E-state index is 0.304. The van der Waals surface area contributed by atoms with Crippen molar-refractivity contribution in [2.45, 2.75) is 6.04 Å². The number of anilines is 1. The monoisotopic (exact) mass is 306 g/mol. The summed E-state index contributed by atoms with van der Waals surface area (Å²) in [5.41, 5.74) is 1.73. The third-order valence-corrected chi connectivity index (χ3v) is 4.07. The maximum absolute atomic E-state index is 14.3. The molecule has 0 spiro atoms. The molecule has 4 rings (SSSR count). The lowest BCUT2D eigenvalue weighted by atomic mass is 9.91. The van der Waals surface area contributed by atoms with Crippen molar-refractivity contribution in [3.8, 4) is 6.07 Å². The summed E-state index contributed by atoms with van der Waals surface area (Å²) >= 11 is 0. The minimum Gasteiger partial charge on any atom is -0.300 e. The first-order valence-corrected chi connectivity index (χ1v) is 7.12. The fraction of sp³-hybridized carbons (Fsp3) is 0.118. The van der Waals surface area contributed by atoms with Crippen LogP contribution in [-0.2, 0) is 4.79 Å². The first-order valence-electron chi connectivity index (χ1n) is 7.12. The van der Waals surface area contributed by atoms with E-state index < -0.39 is 23.7 Å². The Morgan fingerprint density at radius 3 is 2.70 bits per heavy atom. The predicted octanol–water partition coefficient (Wildman–Crippen LogP) is 2.86. The Labute approximate surface area is 131 Å². The highest BCUT2D eigenvalue weighted by Crippen LogP contribution is 2.38. The van der Waals surface area contributed by atoms with Gasteiger partial charge in [0.05, 0.1) is 23.1 Å². The molecule has 5 nitrogen and oxygen atoms in total. The molecule has 1 aromatic heterocycles. The number of carbonyl (C=O) groups excluding carboxylic acids is 1. The van der Waals surface area contributed by atoms with Gasteiger partial charge in [0, 0.05) is 5.56 Å². The van der Waals surface area contributed by atoms with E-state index in [0.29, 0.717) is 17.0 Å². The van der Waals surface area contributed by atoms with Crippen LogP contribution in [0.25, 0.3) is 11.0 Å². The van der Waals surface area contributed by atoms with Gasteiger partial charge in [-0.1, -0.05) is 30.3 Å². The molecule has 0 aliphatic carbocycles. The number of para-hydroxylation sites is 2. The summed E-state index contributed by atoms with van der Waals surface area (Å²) in [6, 6.07) is 14.8. The Balaban J connectivity index is 2.05. The molecule has 0 bridgehead atoms. The van der Waals surface area contributed by atoms with Crippen molar-refractivity contribution in [3.63, 3.8) is 0 Å². The molecule has 2 atom stereocenters. The molecule has 1 amide bonds. The Morgan fingerprint density at radius 1 is 1.17 bits per heavy atom. The molecule has 0 fully saturated rings. The molecule has 3 aromatic rings. The van der Waals surface area contributed by atoms with Crippen molar-refractivity contribution in [1.29, 1.82) is 5.26 Å². The van der Waals surface area contributed by atoms with Crippen LogP contribution < -0.4 is 5.32 Å². The largest absolute Gasteiger partial charge is 0.300 e. The summed E-state index contributed by atoms with van der Waals surface area (Å²) < 4.78 is 16.1. The first-order chi connectivity index (χ1) is 11.2. The van der Waals surface area contributed by atoms with Crippen LogP contribution in [-0.4, -0.2) is 15.5 Å². The smallest absolute Gasteiger partial charge is 0.246 e. The molecule has 0 radical (unpaired) electrons. The molecular formula is C17H11FN4O. The molecule has 23 heavy (non-hydrogen) atoms. The number of nitrogens with zero attached hydrogens (tertiary/aromatic N) is 3. The van der Waals surface area contributed by atoms with E-state index in [1.165, 1.54) is 6.07 Å². The average molecular weight is 306 g/mol. The van der Waals surface area contributed by atoms with Crippen LogP contribution in [0.5, 0.6) is 0 Å². The fourth-order valence-corrected chi connectivity index (χ4v) is 3.06. The van der Waals surface area contributed by atoms with E-state index in [9.17, 15) is 14.4 Å². The number of hydrogen-bond acceptors (Lipinski definition) is 3. The molecule has 1 N–H and O–H groups in total. The van der Waals surface area contributed by atoms with Gasteiger partial charge in [-0.2, -0.15) is 5.26 Å². The van der Waals surface area contributed by atoms with Gasteiger partial charge in [-0.15, -0.1) is 0 Å². The van der Waals surface area contributed by atoms with Crippen LogP contribution in [0.2, 0.25) is 0 Å². The number of nitriles is 1. The topological polar surface area (TPSA) is 70.7 Å². The zero-order valence-corrected chi connectivity index (χ0v) is 11.9. The van der Waals surface area contributed by atoms with Gasteiger partial charge in [-0.05, 0) is 18.2 Å². The van der Waals surface area contributed by atoms with Gasteiger partial charge >= 0.3 is 0 Å². The normalized spacial score (nSPS) is 19.9. The summed E-state index contributed by atoms with van der Waals surface area (Å²) in [5, 5.41) is 12.1. The summed E-state index contributed by atoms with van der Waals surface area (Å²) in [4.78, 5) is 16.6. The second-order valence-electron chi connectivity index (χ2n) is 5.36. The molecule has 112 valence electrons. The lowest BCUT2D eigenvalue weighted by molar-refractivity contribution is -0.119. The maximum atomic E-state index is 14.3. The Bertz CT molecular complexity index is 972. The molecule has 6 heteroatoms. The van der Waals surface area contributed by atoms with Crippen molar-refractivity contribution in [2.24, 2.45) is 5.92 Å². The van der Waals surface area contributed by atoms with Gasteiger partial charge in [0.25, 0.3) is 0 Å². The third-order valence-electron chi connectivity index (χ3n) is 4.07. The fourth-order valence-electron chi connectivity index (χ4n) is 3.06. The molecular weight excluding hydrogens is 295 g/mol. The highest BCUT2D eigenvalue weighted by Gasteiger charge is 2.39. The molecule has 2 aromatic carbocycles. The SMILES string of the molecule is N#C[C@@H]1C(=O)Nc2nc3ccccc3n2[C@@H]1c1ccccc1F. The lowest BCUT2D eigenvalue weighted by Gasteiger charge is -2.30. The van der Waals surface area contributed by atoms with Gasteiger partial charge in [-0.3, -0.25) is 10.1 Å². The van der Waals surface area contributed by atoms with Gasteiger partial charge in [0.2, 0.25) is 11.9 Å². The average Bonchev–Trinajstić information content (AvgIpc) is 2.92. The summed E-state index contributed by atoms with van der Waals surface area (Å²) in [6.07, 6.45) is 0. The van der Waals surface area contributed by atoms with E-state index in [0.717, 1.165) is 5.52 Å². The molecule has 1 aliphatic heterocycles. The van der Waals surface area contributed by atoms with E-state index >= 15 is 0 Å². The van der Waals surface area contributed by atoms with Gasteiger partial charge < -0.3 is 4.57 Å². The van der Waals surface area contributed by atoms with Crippen LogP contribution in [0.4, 0.5) is 10.3 Å². The molecule has 1 aliphatic rings. The van der Waals surface area contributed by atoms with Crippen molar-refractivity contribution in [3.05, 3.63) is 59.9 Å². The highest BCUT2D eigenvalue weighted by molar-refractivity contribution is 5.97. The molecule has 0 saturated carbocycles. The molecule has 0 saturated heterocycles. The summed E-state index contributed by atoms with van der Waals surface area (Å²) in [5.74, 6) is -1.62. The predicted molar refractivity (Wildman–Crippen MR) is 82.0 cm³/mol. The third kappa shape index (κ3) is 1.90. The number of nitrogens with one attached hydrogen (secondary N) is 1. The van der Waals surface area contributed by atoms with E-state index in [4.69, 9.17) is 0 Å². The van der Waals surface area contributed by atoms with Gasteiger partial charge in [-0.25, -0.2) is 9.37 Å². The van der Waals surface area contributed by atoms with Crippen LogP contribution in [0.15, 0.2) is 48.5 Å². The second-order valence-corrected chi connectivity index (χ2v) is 5.36. The Morgan fingerprint density at radius 2 is 1.91 bits per heavy atom. The number of halogens is 1. The zero-order valence-electron chi connectivity index (χ0n) is 11.9. The van der Waals surface area contributed by atoms with Crippen LogP contribution in [0, 0.1) is 23.1 Å². The van der Waals surface area contributed by atoms with E-state index in [-0.39, 0.29) is 0 Å². The standard InChI is InChI=1S/C17H11FN4O/c18-12-6-2-1-5-10(12)15-11(9-19)16(23)21-17-20-13-7-3-4-8-14(13)22(15)17/h1-8,11,15H,(H,20,21,23)/t11-,15+/m0/s1. The number of aromatic nitrogens is 2. The van der Waals surface area contributed by atoms with Crippen molar-refractivity contribution >= 4 is 22.9 Å². The van der Waals surface area contributed by atoms with Gasteiger partial charge in [0.15, 0.2) is 5.92 Å². The number of benzene rings is 2. The van der Waals surface area contributed by atoms with Crippen LogP contribution in [0.3, 0.4) is 0 Å². The number of amides is 1. The quantitative estimate of drug-likeness (QED) is 0.751. The summed E-state index contributed by atoms with van der Waals surface area (Å²) in [6.45, 7) is 0. The van der Waals surface area contributed by atoms with Crippen LogP contribution >= 0.6 is 0 Å². The number of carbonyl (C=O) groups is 1. The second kappa shape index (κ2) is 4.92. The number of rotatable bonds is 1. The Kier molecular flexibility index (Phi) is 2.88. The number of imidazole rings is 1. The lowest BCUT2D eigenvalue weighted by Crippen LogP contribution is -2.37. The maximum Gasteiger partial charge on any atom is 0.246 e. The molecule has 2 heterocycles. The van der Waals surface area contributed by atoms with Crippen molar-refractivity contribution < 1.29 is 9.18 Å². The minimum atomic E-state index is -1.03. The van der Waals surface area contributed by atoms with E-state index in [1.807, 2.05) is 30.3 Å². The number of fused-ring (bicyclic) bond motifs is 3. The van der Waals surface area contributed by atoms with E-state index in [1.54, 1.807) is 22.8 Å². The van der Waals surface area contributed by atoms with Crippen molar-refractivity contribution in [2.75, 3.05) is 5.32 Å².